The van der Waals surface area contributed by atoms with Gasteiger partial charge in [0, 0.05) is 11.8 Å². The first kappa shape index (κ1) is 12.7. The predicted molar refractivity (Wildman–Crippen MR) is 76.3 cm³/mol. The van der Waals surface area contributed by atoms with Gasteiger partial charge in [0.05, 0.1) is 10.4 Å². The molecule has 0 aliphatic rings. The van der Waals surface area contributed by atoms with E-state index in [4.69, 9.17) is 0 Å². The summed E-state index contributed by atoms with van der Waals surface area (Å²) in [6.45, 7) is 0. The van der Waals surface area contributed by atoms with Crippen LogP contribution in [0.2, 0.25) is 0 Å². The summed E-state index contributed by atoms with van der Waals surface area (Å²) < 4.78 is 23.5. The number of benzene rings is 2. The van der Waals surface area contributed by atoms with Crippen molar-refractivity contribution in [1.29, 1.82) is 0 Å². The Bertz CT molecular complexity index is 880. The molecule has 0 radical (unpaired) electrons. The van der Waals surface area contributed by atoms with Crippen LogP contribution in [-0.2, 0) is 9.84 Å². The van der Waals surface area contributed by atoms with E-state index in [2.05, 4.69) is 9.97 Å². The SMILES string of the molecule is CS(=O)(=O)c1cccc2[nH]c(-c3ccc(O)cc3)nc12. The molecule has 6 heteroatoms. The van der Waals surface area contributed by atoms with Crippen LogP contribution in [0.5, 0.6) is 5.75 Å². The van der Waals surface area contributed by atoms with Gasteiger partial charge in [0.25, 0.3) is 0 Å². The second kappa shape index (κ2) is 4.35. The van der Waals surface area contributed by atoms with E-state index in [9.17, 15) is 13.5 Å². The summed E-state index contributed by atoms with van der Waals surface area (Å²) in [6.07, 6.45) is 1.16. The second-order valence-corrected chi connectivity index (χ2v) is 6.54. The molecule has 2 N–H and O–H groups in total. The molecule has 3 aromatic rings. The Kier molecular flexibility index (Phi) is 2.76. The first-order valence-corrected chi connectivity index (χ1v) is 7.82. The fourth-order valence-corrected chi connectivity index (χ4v) is 2.89. The Morgan fingerprint density at radius 2 is 1.80 bits per heavy atom. The molecule has 0 spiro atoms. The van der Waals surface area contributed by atoms with E-state index in [1.807, 2.05) is 0 Å². The second-order valence-electron chi connectivity index (χ2n) is 4.56. The monoisotopic (exact) mass is 288 g/mol. The number of fused-ring (bicyclic) bond motifs is 1. The molecular formula is C14H12N2O3S. The zero-order valence-corrected chi connectivity index (χ0v) is 11.5. The smallest absolute Gasteiger partial charge is 0.177 e. The van der Waals surface area contributed by atoms with Crippen LogP contribution in [-0.4, -0.2) is 29.7 Å². The van der Waals surface area contributed by atoms with Gasteiger partial charge in [-0.25, -0.2) is 13.4 Å². The maximum atomic E-state index is 11.8. The number of para-hydroxylation sites is 1. The standard InChI is InChI=1S/C14H12N2O3S/c1-20(18,19)12-4-2-3-11-13(12)16-14(15-11)9-5-7-10(17)8-6-9/h2-8,17H,1H3,(H,15,16). The number of aromatic hydroxyl groups is 1. The average molecular weight is 288 g/mol. The van der Waals surface area contributed by atoms with E-state index in [0.29, 0.717) is 16.9 Å². The molecule has 1 heterocycles. The number of aromatic nitrogens is 2. The lowest BCUT2D eigenvalue weighted by Crippen LogP contribution is -1.97. The van der Waals surface area contributed by atoms with E-state index in [1.165, 1.54) is 0 Å². The van der Waals surface area contributed by atoms with Crippen LogP contribution in [0, 0.1) is 0 Å². The van der Waals surface area contributed by atoms with Crippen molar-refractivity contribution in [3.05, 3.63) is 42.5 Å². The third-order valence-corrected chi connectivity index (χ3v) is 4.14. The van der Waals surface area contributed by atoms with Crippen molar-refractivity contribution < 1.29 is 13.5 Å². The van der Waals surface area contributed by atoms with Gasteiger partial charge in [0.1, 0.15) is 17.1 Å². The molecule has 1 aromatic heterocycles. The number of nitrogens with one attached hydrogen (secondary N) is 1. The van der Waals surface area contributed by atoms with Gasteiger partial charge in [-0.15, -0.1) is 0 Å². The highest BCUT2D eigenvalue weighted by molar-refractivity contribution is 7.91. The highest BCUT2D eigenvalue weighted by Gasteiger charge is 2.15. The number of sulfone groups is 1. The van der Waals surface area contributed by atoms with Crippen LogP contribution in [0.3, 0.4) is 0 Å². The van der Waals surface area contributed by atoms with Crippen LogP contribution >= 0.6 is 0 Å². The molecule has 102 valence electrons. The van der Waals surface area contributed by atoms with E-state index in [-0.39, 0.29) is 10.6 Å². The van der Waals surface area contributed by atoms with E-state index in [0.717, 1.165) is 11.8 Å². The molecule has 0 unspecified atom stereocenters. The minimum atomic E-state index is -3.33. The molecule has 0 fully saturated rings. The van der Waals surface area contributed by atoms with Gasteiger partial charge >= 0.3 is 0 Å². The topological polar surface area (TPSA) is 83.0 Å². The molecule has 0 bridgehead atoms. The Balaban J connectivity index is 2.23. The fraction of sp³-hybridized carbons (Fsp3) is 0.0714. The summed E-state index contributed by atoms with van der Waals surface area (Å²) >= 11 is 0. The van der Waals surface area contributed by atoms with Crippen molar-refractivity contribution in [2.45, 2.75) is 4.90 Å². The molecule has 0 atom stereocenters. The minimum Gasteiger partial charge on any atom is -0.508 e. The highest BCUT2D eigenvalue weighted by atomic mass is 32.2. The van der Waals surface area contributed by atoms with E-state index < -0.39 is 9.84 Å². The number of phenols is 1. The molecular weight excluding hydrogens is 276 g/mol. The minimum absolute atomic E-state index is 0.168. The summed E-state index contributed by atoms with van der Waals surface area (Å²) in [5.41, 5.74) is 1.87. The van der Waals surface area contributed by atoms with Gasteiger partial charge in [-0.1, -0.05) is 6.07 Å². The molecule has 2 aromatic carbocycles. The Labute approximate surface area is 115 Å². The Morgan fingerprint density at radius 1 is 1.10 bits per heavy atom. The number of rotatable bonds is 2. The van der Waals surface area contributed by atoms with Crippen molar-refractivity contribution in [2.75, 3.05) is 6.26 Å². The van der Waals surface area contributed by atoms with Crippen molar-refractivity contribution in [3.63, 3.8) is 0 Å². The quantitative estimate of drug-likeness (QED) is 0.758. The molecule has 0 saturated heterocycles. The number of hydrogen-bond donors (Lipinski definition) is 2. The molecule has 0 aliphatic heterocycles. The van der Waals surface area contributed by atoms with Crippen LogP contribution in [0.4, 0.5) is 0 Å². The van der Waals surface area contributed by atoms with E-state index in [1.54, 1.807) is 42.5 Å². The number of aromatic amines is 1. The van der Waals surface area contributed by atoms with Crippen LogP contribution < -0.4 is 0 Å². The summed E-state index contributed by atoms with van der Waals surface area (Å²) in [5.74, 6) is 0.734. The molecule has 0 aliphatic carbocycles. The average Bonchev–Trinajstić information content (AvgIpc) is 2.81. The van der Waals surface area contributed by atoms with Gasteiger partial charge in [-0.2, -0.15) is 0 Å². The molecule has 3 rings (SSSR count). The summed E-state index contributed by atoms with van der Waals surface area (Å²) in [6, 6.07) is 11.5. The summed E-state index contributed by atoms with van der Waals surface area (Å²) in [7, 11) is -3.33. The van der Waals surface area contributed by atoms with Crippen LogP contribution in [0.1, 0.15) is 0 Å². The number of H-pyrrole nitrogens is 1. The van der Waals surface area contributed by atoms with Gasteiger partial charge in [0.2, 0.25) is 0 Å². The maximum Gasteiger partial charge on any atom is 0.177 e. The number of hydrogen-bond acceptors (Lipinski definition) is 4. The maximum absolute atomic E-state index is 11.8. The van der Waals surface area contributed by atoms with Crippen molar-refractivity contribution in [2.24, 2.45) is 0 Å². The molecule has 0 saturated carbocycles. The van der Waals surface area contributed by atoms with E-state index >= 15 is 0 Å². The van der Waals surface area contributed by atoms with Gasteiger partial charge in [0.15, 0.2) is 9.84 Å². The molecule has 20 heavy (non-hydrogen) atoms. The van der Waals surface area contributed by atoms with Crippen molar-refractivity contribution in [1.82, 2.24) is 9.97 Å². The third-order valence-electron chi connectivity index (χ3n) is 3.02. The summed E-state index contributed by atoms with van der Waals surface area (Å²) in [5, 5.41) is 9.28. The first-order valence-electron chi connectivity index (χ1n) is 5.93. The number of imidazole rings is 1. The first-order chi connectivity index (χ1) is 9.45. The third kappa shape index (κ3) is 2.14. The summed E-state index contributed by atoms with van der Waals surface area (Å²) in [4.78, 5) is 7.65. The normalized spacial score (nSPS) is 11.8. The lowest BCUT2D eigenvalue weighted by Gasteiger charge is -1.97. The van der Waals surface area contributed by atoms with Gasteiger partial charge < -0.3 is 10.1 Å². The zero-order chi connectivity index (χ0) is 14.3. The molecule has 0 amide bonds. The largest absolute Gasteiger partial charge is 0.508 e. The number of nitrogens with zero attached hydrogens (tertiary/aromatic N) is 1. The van der Waals surface area contributed by atoms with Gasteiger partial charge in [-0.3, -0.25) is 0 Å². The van der Waals surface area contributed by atoms with Crippen LogP contribution in [0.15, 0.2) is 47.4 Å². The zero-order valence-electron chi connectivity index (χ0n) is 10.7. The predicted octanol–water partition coefficient (Wildman–Crippen LogP) is 2.34. The van der Waals surface area contributed by atoms with Crippen LogP contribution in [0.25, 0.3) is 22.4 Å². The molecule has 5 nitrogen and oxygen atoms in total. The van der Waals surface area contributed by atoms with Gasteiger partial charge in [-0.05, 0) is 36.4 Å². The Morgan fingerprint density at radius 3 is 2.45 bits per heavy atom. The Hall–Kier alpha value is -2.34. The lowest BCUT2D eigenvalue weighted by molar-refractivity contribution is 0.475. The highest BCUT2D eigenvalue weighted by Crippen LogP contribution is 2.26. The number of phenolic OH excluding ortho intramolecular Hbond substituents is 1. The van der Waals surface area contributed by atoms with Crippen molar-refractivity contribution in [3.8, 4) is 17.1 Å². The fourth-order valence-electron chi connectivity index (χ4n) is 2.06. The lowest BCUT2D eigenvalue weighted by atomic mass is 10.2. The van der Waals surface area contributed by atoms with Crippen molar-refractivity contribution >= 4 is 20.9 Å².